The third-order valence-corrected chi connectivity index (χ3v) is 4.86. The molecule has 4 heteroatoms. The van der Waals surface area contributed by atoms with Crippen LogP contribution in [0.5, 0.6) is 0 Å². The number of rotatable bonds is 4. The van der Waals surface area contributed by atoms with Crippen molar-refractivity contribution in [1.82, 2.24) is 14.5 Å². The van der Waals surface area contributed by atoms with Crippen LogP contribution in [0.25, 0.3) is 0 Å². The SMILES string of the molecule is Cc1ccc(C)c(CC(=O)N(C)C[C@H]2CCn3ccnc3C2)c1. The van der Waals surface area contributed by atoms with E-state index >= 15 is 0 Å². The van der Waals surface area contributed by atoms with E-state index in [2.05, 4.69) is 41.6 Å². The molecule has 1 aliphatic rings. The van der Waals surface area contributed by atoms with Crippen LogP contribution in [0.1, 0.15) is 28.9 Å². The molecular formula is C19H25N3O. The number of aromatic nitrogens is 2. The summed E-state index contributed by atoms with van der Waals surface area (Å²) >= 11 is 0. The normalized spacial score (nSPS) is 16.9. The number of carbonyl (C=O) groups excluding carboxylic acids is 1. The smallest absolute Gasteiger partial charge is 0.226 e. The molecule has 0 radical (unpaired) electrons. The summed E-state index contributed by atoms with van der Waals surface area (Å²) in [5, 5.41) is 0. The van der Waals surface area contributed by atoms with Crippen molar-refractivity contribution in [2.24, 2.45) is 5.92 Å². The van der Waals surface area contributed by atoms with Gasteiger partial charge in [0.1, 0.15) is 5.82 Å². The predicted octanol–water partition coefficient (Wildman–Crippen LogP) is 2.76. The van der Waals surface area contributed by atoms with Crippen LogP contribution in [0.4, 0.5) is 0 Å². The number of aryl methyl sites for hydroxylation is 3. The molecule has 4 nitrogen and oxygen atoms in total. The topological polar surface area (TPSA) is 38.1 Å². The first-order valence-corrected chi connectivity index (χ1v) is 8.33. The lowest BCUT2D eigenvalue weighted by molar-refractivity contribution is -0.129. The maximum atomic E-state index is 12.6. The molecule has 2 aromatic rings. The van der Waals surface area contributed by atoms with Crippen LogP contribution in [0.2, 0.25) is 0 Å². The number of hydrogen-bond acceptors (Lipinski definition) is 2. The molecule has 0 bridgehead atoms. The van der Waals surface area contributed by atoms with Gasteiger partial charge in [-0.05, 0) is 37.3 Å². The van der Waals surface area contributed by atoms with Crippen molar-refractivity contribution < 1.29 is 4.79 Å². The number of nitrogens with zero attached hydrogens (tertiary/aromatic N) is 3. The Balaban J connectivity index is 1.59. The molecule has 2 heterocycles. The predicted molar refractivity (Wildman–Crippen MR) is 91.3 cm³/mol. The molecule has 0 fully saturated rings. The van der Waals surface area contributed by atoms with Crippen LogP contribution in [0, 0.1) is 19.8 Å². The van der Waals surface area contributed by atoms with Crippen LogP contribution in [-0.4, -0.2) is 34.0 Å². The van der Waals surface area contributed by atoms with E-state index in [-0.39, 0.29) is 5.91 Å². The van der Waals surface area contributed by atoms with Crippen LogP contribution in [-0.2, 0) is 24.2 Å². The lowest BCUT2D eigenvalue weighted by Gasteiger charge is -2.28. The third-order valence-electron chi connectivity index (χ3n) is 4.86. The van der Waals surface area contributed by atoms with Gasteiger partial charge in [-0.3, -0.25) is 4.79 Å². The second-order valence-corrected chi connectivity index (χ2v) is 6.78. The molecule has 23 heavy (non-hydrogen) atoms. The number of benzene rings is 1. The zero-order valence-corrected chi connectivity index (χ0v) is 14.2. The largest absolute Gasteiger partial charge is 0.345 e. The van der Waals surface area contributed by atoms with Crippen LogP contribution < -0.4 is 0 Å². The Hall–Kier alpha value is -2.10. The number of amides is 1. The lowest BCUT2D eigenvalue weighted by atomic mass is 9.96. The zero-order chi connectivity index (χ0) is 16.4. The van der Waals surface area contributed by atoms with Gasteiger partial charge >= 0.3 is 0 Å². The third kappa shape index (κ3) is 3.63. The highest BCUT2D eigenvalue weighted by molar-refractivity contribution is 5.79. The Bertz CT molecular complexity index is 704. The first-order chi connectivity index (χ1) is 11.0. The average Bonchev–Trinajstić information content (AvgIpc) is 2.98. The zero-order valence-electron chi connectivity index (χ0n) is 14.2. The van der Waals surface area contributed by atoms with Crippen molar-refractivity contribution in [1.29, 1.82) is 0 Å². The summed E-state index contributed by atoms with van der Waals surface area (Å²) in [5.74, 6) is 1.86. The molecule has 1 amide bonds. The van der Waals surface area contributed by atoms with Crippen molar-refractivity contribution >= 4 is 5.91 Å². The van der Waals surface area contributed by atoms with E-state index in [4.69, 9.17) is 0 Å². The van der Waals surface area contributed by atoms with Gasteiger partial charge in [-0.2, -0.15) is 0 Å². The Kier molecular flexibility index (Phi) is 4.51. The standard InChI is InChI=1S/C19H25N3O/c1-14-4-5-15(2)17(10-14)12-19(23)21(3)13-16-6-8-22-9-7-20-18(22)11-16/h4-5,7,9-10,16H,6,8,11-13H2,1-3H3/t16-/m0/s1. The van der Waals surface area contributed by atoms with E-state index in [1.807, 2.05) is 24.3 Å². The van der Waals surface area contributed by atoms with Crippen LogP contribution in [0.15, 0.2) is 30.6 Å². The Morgan fingerprint density at radius 1 is 1.39 bits per heavy atom. The molecule has 3 rings (SSSR count). The van der Waals surface area contributed by atoms with Gasteiger partial charge in [0.2, 0.25) is 5.91 Å². The van der Waals surface area contributed by atoms with Gasteiger partial charge in [0, 0.05) is 39.0 Å². The van der Waals surface area contributed by atoms with E-state index < -0.39 is 0 Å². The molecule has 0 saturated carbocycles. The quantitative estimate of drug-likeness (QED) is 0.871. The van der Waals surface area contributed by atoms with Crippen molar-refractivity contribution in [3.8, 4) is 0 Å². The van der Waals surface area contributed by atoms with E-state index in [1.54, 1.807) is 0 Å². The maximum absolute atomic E-state index is 12.6. The summed E-state index contributed by atoms with van der Waals surface area (Å²) in [6, 6.07) is 6.31. The molecule has 122 valence electrons. The van der Waals surface area contributed by atoms with Gasteiger partial charge in [0.15, 0.2) is 0 Å². The fourth-order valence-electron chi connectivity index (χ4n) is 3.35. The molecule has 1 aliphatic heterocycles. The maximum Gasteiger partial charge on any atom is 0.226 e. The Morgan fingerprint density at radius 2 is 2.22 bits per heavy atom. The number of likely N-dealkylation sites (N-methyl/N-ethyl adjacent to an activating group) is 1. The first-order valence-electron chi connectivity index (χ1n) is 8.33. The summed E-state index contributed by atoms with van der Waals surface area (Å²) < 4.78 is 2.22. The highest BCUT2D eigenvalue weighted by Crippen LogP contribution is 2.20. The number of carbonyl (C=O) groups is 1. The van der Waals surface area contributed by atoms with Gasteiger partial charge in [-0.1, -0.05) is 23.8 Å². The second-order valence-electron chi connectivity index (χ2n) is 6.78. The molecule has 0 unspecified atom stereocenters. The summed E-state index contributed by atoms with van der Waals surface area (Å²) in [6.07, 6.45) is 6.48. The summed E-state index contributed by atoms with van der Waals surface area (Å²) in [6.45, 7) is 5.97. The molecule has 1 aromatic heterocycles. The van der Waals surface area contributed by atoms with E-state index in [0.29, 0.717) is 12.3 Å². The van der Waals surface area contributed by atoms with Gasteiger partial charge in [-0.15, -0.1) is 0 Å². The highest BCUT2D eigenvalue weighted by atomic mass is 16.2. The minimum Gasteiger partial charge on any atom is -0.345 e. The molecular weight excluding hydrogens is 286 g/mol. The van der Waals surface area contributed by atoms with Crippen molar-refractivity contribution in [3.63, 3.8) is 0 Å². The highest BCUT2D eigenvalue weighted by Gasteiger charge is 2.22. The molecule has 1 aromatic carbocycles. The summed E-state index contributed by atoms with van der Waals surface area (Å²) in [7, 11) is 1.93. The second kappa shape index (κ2) is 6.57. The molecule has 0 saturated heterocycles. The van der Waals surface area contributed by atoms with Gasteiger partial charge in [0.25, 0.3) is 0 Å². The van der Waals surface area contributed by atoms with E-state index in [0.717, 1.165) is 37.3 Å². The number of imidazole rings is 1. The van der Waals surface area contributed by atoms with Crippen molar-refractivity contribution in [3.05, 3.63) is 53.1 Å². The minimum absolute atomic E-state index is 0.201. The Labute approximate surface area is 138 Å². The van der Waals surface area contributed by atoms with Gasteiger partial charge < -0.3 is 9.47 Å². The Morgan fingerprint density at radius 3 is 3.04 bits per heavy atom. The monoisotopic (exact) mass is 311 g/mol. The molecule has 0 spiro atoms. The van der Waals surface area contributed by atoms with Crippen LogP contribution >= 0.6 is 0 Å². The van der Waals surface area contributed by atoms with Crippen LogP contribution in [0.3, 0.4) is 0 Å². The lowest BCUT2D eigenvalue weighted by Crippen LogP contribution is -2.35. The van der Waals surface area contributed by atoms with E-state index in [1.165, 1.54) is 11.1 Å². The molecule has 1 atom stereocenters. The molecule has 0 aliphatic carbocycles. The fourth-order valence-corrected chi connectivity index (χ4v) is 3.35. The molecule has 0 N–H and O–H groups in total. The average molecular weight is 311 g/mol. The number of fused-ring (bicyclic) bond motifs is 1. The number of hydrogen-bond donors (Lipinski definition) is 0. The minimum atomic E-state index is 0.201. The first kappa shape index (κ1) is 15.8. The van der Waals surface area contributed by atoms with Crippen molar-refractivity contribution in [2.45, 2.75) is 39.7 Å². The fraction of sp³-hybridized carbons (Fsp3) is 0.474. The summed E-state index contributed by atoms with van der Waals surface area (Å²) in [4.78, 5) is 18.9. The van der Waals surface area contributed by atoms with Crippen molar-refractivity contribution in [2.75, 3.05) is 13.6 Å². The van der Waals surface area contributed by atoms with Gasteiger partial charge in [0.05, 0.1) is 6.42 Å². The summed E-state index contributed by atoms with van der Waals surface area (Å²) in [5.41, 5.74) is 3.54. The van der Waals surface area contributed by atoms with Gasteiger partial charge in [-0.25, -0.2) is 4.98 Å². The van der Waals surface area contributed by atoms with E-state index in [9.17, 15) is 4.79 Å².